The summed E-state index contributed by atoms with van der Waals surface area (Å²) >= 11 is 0. The first-order chi connectivity index (χ1) is 9.73. The van der Waals surface area contributed by atoms with Crippen molar-refractivity contribution in [3.8, 4) is 0 Å². The van der Waals surface area contributed by atoms with Gasteiger partial charge in [-0.2, -0.15) is 0 Å². The second-order valence-electron chi connectivity index (χ2n) is 3.73. The van der Waals surface area contributed by atoms with Crippen LogP contribution >= 0.6 is 0 Å². The summed E-state index contributed by atoms with van der Waals surface area (Å²) in [5.74, 6) is 0. The molecule has 2 rings (SSSR count). The van der Waals surface area contributed by atoms with Crippen LogP contribution in [0.4, 0.5) is 0 Å². The molecule has 4 nitrogen and oxygen atoms in total. The minimum atomic E-state index is 0. The van der Waals surface area contributed by atoms with E-state index in [1.807, 2.05) is 12.1 Å². The molecule has 2 heterocycles. The summed E-state index contributed by atoms with van der Waals surface area (Å²) in [6.45, 7) is 7.21. The van der Waals surface area contributed by atoms with Crippen molar-refractivity contribution in [2.45, 2.75) is 0 Å². The van der Waals surface area contributed by atoms with Gasteiger partial charge in [0.2, 0.25) is 0 Å². The van der Waals surface area contributed by atoms with Gasteiger partial charge in [-0.1, -0.05) is 25.3 Å². The molecule has 0 aliphatic heterocycles. The second kappa shape index (κ2) is 10.5. The largest absolute Gasteiger partial charge is 0.307 e. The Labute approximate surface area is 136 Å². The van der Waals surface area contributed by atoms with Crippen molar-refractivity contribution in [3.63, 3.8) is 0 Å². The van der Waals surface area contributed by atoms with Crippen LogP contribution in [-0.4, -0.2) is 41.3 Å². The quantitative estimate of drug-likeness (QED) is 0.662. The van der Waals surface area contributed by atoms with Crippen molar-refractivity contribution in [2.75, 3.05) is 0 Å². The zero-order valence-electron chi connectivity index (χ0n) is 12.1. The SMILES string of the molecule is C=Cc1ccnc(C=N)c1.C=Cc1ccnc(C=N)c1.[Li]. The molecule has 2 N–H and O–H groups in total. The molecule has 0 aliphatic carbocycles. The molecule has 0 aromatic carbocycles. The Kier molecular flexibility index (Phi) is 9.36. The molecule has 0 atom stereocenters. The van der Waals surface area contributed by atoms with Crippen LogP contribution in [-0.2, 0) is 0 Å². The molecule has 2 aromatic rings. The summed E-state index contributed by atoms with van der Waals surface area (Å²) in [6.07, 6.45) is 9.22. The monoisotopic (exact) mass is 271 g/mol. The van der Waals surface area contributed by atoms with E-state index >= 15 is 0 Å². The van der Waals surface area contributed by atoms with Gasteiger partial charge in [-0.3, -0.25) is 9.97 Å². The minimum absolute atomic E-state index is 0. The summed E-state index contributed by atoms with van der Waals surface area (Å²) in [7, 11) is 0. The molecule has 0 bridgehead atoms. The van der Waals surface area contributed by atoms with Crippen molar-refractivity contribution < 1.29 is 0 Å². The maximum Gasteiger partial charge on any atom is 0.0811 e. The van der Waals surface area contributed by atoms with Crippen LogP contribution in [0.25, 0.3) is 12.2 Å². The number of nitrogens with zero attached hydrogens (tertiary/aromatic N) is 2. The molecular weight excluding hydrogens is 255 g/mol. The average molecular weight is 271 g/mol. The summed E-state index contributed by atoms with van der Waals surface area (Å²) < 4.78 is 0. The van der Waals surface area contributed by atoms with E-state index in [1.165, 1.54) is 12.4 Å². The smallest absolute Gasteiger partial charge is 0.0811 e. The van der Waals surface area contributed by atoms with Gasteiger partial charge in [0.1, 0.15) is 0 Å². The van der Waals surface area contributed by atoms with Crippen LogP contribution < -0.4 is 0 Å². The number of pyridine rings is 2. The Hall–Kier alpha value is -2.28. The average Bonchev–Trinajstić information content (AvgIpc) is 2.55. The maximum atomic E-state index is 6.89. The van der Waals surface area contributed by atoms with E-state index in [0.29, 0.717) is 11.4 Å². The number of hydrogen-bond acceptors (Lipinski definition) is 4. The molecule has 0 saturated carbocycles. The van der Waals surface area contributed by atoms with Gasteiger partial charge in [0.15, 0.2) is 0 Å². The molecule has 0 amide bonds. The van der Waals surface area contributed by atoms with Crippen molar-refractivity contribution in [3.05, 3.63) is 72.3 Å². The van der Waals surface area contributed by atoms with E-state index in [9.17, 15) is 0 Å². The number of rotatable bonds is 4. The third-order valence-electron chi connectivity index (χ3n) is 2.38. The Balaban J connectivity index is 0.000000364. The molecule has 1 radical (unpaired) electrons. The fourth-order valence-electron chi connectivity index (χ4n) is 1.34. The normalized spacial score (nSPS) is 8.38. The summed E-state index contributed by atoms with van der Waals surface area (Å²) in [6, 6.07) is 7.31. The van der Waals surface area contributed by atoms with Crippen LogP contribution in [0, 0.1) is 10.8 Å². The van der Waals surface area contributed by atoms with Crippen molar-refractivity contribution in [1.82, 2.24) is 9.97 Å². The first-order valence-electron chi connectivity index (χ1n) is 5.91. The van der Waals surface area contributed by atoms with Crippen LogP contribution in [0.5, 0.6) is 0 Å². The summed E-state index contributed by atoms with van der Waals surface area (Å²) in [4.78, 5) is 7.83. The van der Waals surface area contributed by atoms with Gasteiger partial charge in [0.25, 0.3) is 0 Å². The summed E-state index contributed by atoms with van der Waals surface area (Å²) in [5.41, 5.74) is 3.32. The number of aromatic nitrogens is 2. The first kappa shape index (κ1) is 18.7. The van der Waals surface area contributed by atoms with E-state index in [0.717, 1.165) is 11.1 Å². The van der Waals surface area contributed by atoms with Crippen LogP contribution in [0.3, 0.4) is 0 Å². The van der Waals surface area contributed by atoms with Gasteiger partial charge in [-0.25, -0.2) is 0 Å². The first-order valence-corrected chi connectivity index (χ1v) is 5.91. The Morgan fingerprint density at radius 2 is 1.19 bits per heavy atom. The Morgan fingerprint density at radius 3 is 1.48 bits per heavy atom. The molecular formula is C16H16LiN4. The predicted octanol–water partition coefficient (Wildman–Crippen LogP) is 3.06. The zero-order chi connectivity index (χ0) is 14.8. The third kappa shape index (κ3) is 6.62. The van der Waals surface area contributed by atoms with Gasteiger partial charge >= 0.3 is 0 Å². The van der Waals surface area contributed by atoms with Crippen molar-refractivity contribution >= 4 is 43.4 Å². The molecule has 0 fully saturated rings. The fraction of sp³-hybridized carbons (Fsp3) is 0. The van der Waals surface area contributed by atoms with E-state index in [-0.39, 0.29) is 18.9 Å². The van der Waals surface area contributed by atoms with Crippen LogP contribution in [0.2, 0.25) is 0 Å². The summed E-state index contributed by atoms with van der Waals surface area (Å²) in [5, 5.41) is 13.8. The Bertz CT molecular complexity index is 521. The van der Waals surface area contributed by atoms with Crippen LogP contribution in [0.1, 0.15) is 22.5 Å². The van der Waals surface area contributed by atoms with E-state index < -0.39 is 0 Å². The van der Waals surface area contributed by atoms with E-state index in [4.69, 9.17) is 10.8 Å². The molecule has 21 heavy (non-hydrogen) atoms. The topological polar surface area (TPSA) is 73.5 Å². The molecule has 2 aromatic heterocycles. The molecule has 0 spiro atoms. The molecule has 101 valence electrons. The maximum absolute atomic E-state index is 6.89. The predicted molar refractivity (Wildman–Crippen MR) is 90.2 cm³/mol. The Morgan fingerprint density at radius 1 is 0.810 bits per heavy atom. The third-order valence-corrected chi connectivity index (χ3v) is 2.38. The van der Waals surface area contributed by atoms with Gasteiger partial charge in [-0.05, 0) is 35.4 Å². The van der Waals surface area contributed by atoms with E-state index in [1.54, 1.807) is 36.7 Å². The van der Waals surface area contributed by atoms with Crippen LogP contribution in [0.15, 0.2) is 49.8 Å². The number of nitrogens with one attached hydrogen (secondary N) is 2. The molecule has 5 heteroatoms. The fourth-order valence-corrected chi connectivity index (χ4v) is 1.34. The second-order valence-corrected chi connectivity index (χ2v) is 3.73. The van der Waals surface area contributed by atoms with Gasteiger partial charge in [0.05, 0.1) is 11.4 Å². The minimum Gasteiger partial charge on any atom is -0.307 e. The zero-order valence-corrected chi connectivity index (χ0v) is 12.1. The molecule has 0 unspecified atom stereocenters. The number of hydrogen-bond donors (Lipinski definition) is 2. The standard InChI is InChI=1S/2C8H8N2.Li/c2*1-2-7-3-4-10-8(5-7)6-9;/h2*2-6,9H,1H2;. The van der Waals surface area contributed by atoms with Crippen molar-refractivity contribution in [2.24, 2.45) is 0 Å². The van der Waals surface area contributed by atoms with Gasteiger partial charge in [0, 0.05) is 43.7 Å². The van der Waals surface area contributed by atoms with E-state index in [2.05, 4.69) is 23.1 Å². The van der Waals surface area contributed by atoms with Crippen molar-refractivity contribution in [1.29, 1.82) is 10.8 Å². The molecule has 0 aliphatic rings. The van der Waals surface area contributed by atoms with Gasteiger partial charge in [-0.15, -0.1) is 0 Å². The molecule has 0 saturated heterocycles. The van der Waals surface area contributed by atoms with Gasteiger partial charge < -0.3 is 10.8 Å².